The number of hydrogen-bond donors (Lipinski definition) is 1. The van der Waals surface area contributed by atoms with Crippen LogP contribution >= 0.6 is 11.3 Å². The van der Waals surface area contributed by atoms with E-state index in [1.165, 1.54) is 9.60 Å². The van der Waals surface area contributed by atoms with E-state index in [2.05, 4.69) is 11.1 Å². The van der Waals surface area contributed by atoms with Crippen molar-refractivity contribution in [2.45, 2.75) is 52.0 Å². The van der Waals surface area contributed by atoms with E-state index in [1.807, 2.05) is 32.0 Å². The number of carboxylic acid groups (broad SMARTS) is 1. The molecule has 1 aromatic carbocycles. The van der Waals surface area contributed by atoms with Gasteiger partial charge in [0.15, 0.2) is 0 Å². The average Bonchev–Trinajstić information content (AvgIpc) is 2.98. The van der Waals surface area contributed by atoms with Gasteiger partial charge in [-0.05, 0) is 44.7 Å². The number of carbonyl (C=O) groups excluding carboxylic acids is 1. The highest BCUT2D eigenvalue weighted by Gasteiger charge is 2.20. The van der Waals surface area contributed by atoms with E-state index in [9.17, 15) is 9.59 Å². The first-order chi connectivity index (χ1) is 11.5. The van der Waals surface area contributed by atoms with Crippen LogP contribution in [-0.2, 0) is 16.0 Å². The molecule has 0 aliphatic carbocycles. The number of unbranched alkanes of at least 4 members (excludes halogenated alkanes) is 1. The lowest BCUT2D eigenvalue weighted by Gasteiger charge is -2.27. The number of carboxylic acids is 1. The number of fused-ring (bicyclic) bond motifs is 1. The van der Waals surface area contributed by atoms with Gasteiger partial charge in [0.25, 0.3) is 0 Å². The molecule has 0 saturated heterocycles. The number of carbonyl (C=O) groups is 2. The second kappa shape index (κ2) is 8.78. The molecule has 1 N–H and O–H groups in total. The van der Waals surface area contributed by atoms with Crippen molar-refractivity contribution in [1.29, 1.82) is 0 Å². The summed E-state index contributed by atoms with van der Waals surface area (Å²) in [7, 11) is 0. The predicted octanol–water partition coefficient (Wildman–Crippen LogP) is 3.72. The molecule has 130 valence electrons. The maximum atomic E-state index is 12.3. The third kappa shape index (κ3) is 5.03. The minimum absolute atomic E-state index is 0.0436. The zero-order chi connectivity index (χ0) is 17.5. The van der Waals surface area contributed by atoms with Crippen molar-refractivity contribution in [1.82, 2.24) is 9.88 Å². The lowest BCUT2D eigenvalue weighted by Crippen LogP contribution is -2.41. The van der Waals surface area contributed by atoms with E-state index in [-0.39, 0.29) is 18.5 Å². The molecule has 1 atom stereocenters. The van der Waals surface area contributed by atoms with Crippen LogP contribution in [0, 0.1) is 0 Å². The number of para-hydroxylation sites is 1. The Labute approximate surface area is 146 Å². The number of nitrogens with zero attached hydrogens (tertiary/aromatic N) is 2. The Hall–Kier alpha value is -1.95. The lowest BCUT2D eigenvalue weighted by molar-refractivity contribution is -0.146. The fourth-order valence-electron chi connectivity index (χ4n) is 2.58. The summed E-state index contributed by atoms with van der Waals surface area (Å²) in [5.74, 6) is -1.03. The van der Waals surface area contributed by atoms with Crippen LogP contribution in [0.1, 0.15) is 44.5 Å². The second-order valence-electron chi connectivity index (χ2n) is 5.96. The molecule has 6 heteroatoms. The van der Waals surface area contributed by atoms with Crippen molar-refractivity contribution in [3.8, 4) is 0 Å². The summed E-state index contributed by atoms with van der Waals surface area (Å²) in [4.78, 5) is 29.3. The summed E-state index contributed by atoms with van der Waals surface area (Å²) in [5, 5.41) is 10.1. The van der Waals surface area contributed by atoms with Gasteiger partial charge in [-0.2, -0.15) is 0 Å². The molecule has 0 spiro atoms. The highest BCUT2D eigenvalue weighted by atomic mass is 32.1. The molecule has 0 radical (unpaired) electrons. The van der Waals surface area contributed by atoms with Crippen molar-refractivity contribution in [2.75, 3.05) is 6.54 Å². The summed E-state index contributed by atoms with van der Waals surface area (Å²) in [5.41, 5.74) is 1.03. The van der Waals surface area contributed by atoms with Crippen LogP contribution in [0.3, 0.4) is 0 Å². The van der Waals surface area contributed by atoms with Crippen molar-refractivity contribution < 1.29 is 14.7 Å². The summed E-state index contributed by atoms with van der Waals surface area (Å²) >= 11 is 1.70. The number of amides is 1. The number of rotatable bonds is 9. The number of aryl methyl sites for hydroxylation is 1. The smallest absolute Gasteiger partial charge is 0.323 e. The molecule has 0 aliphatic rings. The first-order valence-corrected chi connectivity index (χ1v) is 9.18. The van der Waals surface area contributed by atoms with E-state index in [0.717, 1.165) is 36.2 Å². The molecule has 0 aliphatic heterocycles. The molecule has 0 saturated carbocycles. The summed E-state index contributed by atoms with van der Waals surface area (Å²) in [6, 6.07) is 8.02. The summed E-state index contributed by atoms with van der Waals surface area (Å²) < 4.78 is 1.19. The van der Waals surface area contributed by atoms with Crippen LogP contribution in [0.5, 0.6) is 0 Å². The maximum absolute atomic E-state index is 12.3. The number of aliphatic carboxylic acids is 1. The first-order valence-electron chi connectivity index (χ1n) is 8.37. The van der Waals surface area contributed by atoms with Crippen LogP contribution in [-0.4, -0.2) is 39.5 Å². The van der Waals surface area contributed by atoms with Gasteiger partial charge < -0.3 is 10.0 Å². The Morgan fingerprint density at radius 1 is 1.29 bits per heavy atom. The predicted molar refractivity (Wildman–Crippen MR) is 96.3 cm³/mol. The number of thiazole rings is 1. The zero-order valence-corrected chi connectivity index (χ0v) is 15.0. The molecular weight excluding hydrogens is 324 g/mol. The van der Waals surface area contributed by atoms with Gasteiger partial charge in [0.2, 0.25) is 5.91 Å². The Kier molecular flexibility index (Phi) is 6.73. The number of hydrogen-bond acceptors (Lipinski definition) is 4. The zero-order valence-electron chi connectivity index (χ0n) is 14.2. The molecule has 1 aromatic heterocycles. The number of aromatic nitrogens is 1. The van der Waals surface area contributed by atoms with Gasteiger partial charge in [-0.1, -0.05) is 19.1 Å². The normalized spacial score (nSPS) is 12.2. The largest absolute Gasteiger partial charge is 0.480 e. The Morgan fingerprint density at radius 3 is 2.71 bits per heavy atom. The number of benzene rings is 1. The van der Waals surface area contributed by atoms with Gasteiger partial charge in [-0.25, -0.2) is 4.98 Å². The monoisotopic (exact) mass is 348 g/mol. The van der Waals surface area contributed by atoms with Crippen LogP contribution < -0.4 is 0 Å². The van der Waals surface area contributed by atoms with Crippen LogP contribution in [0.2, 0.25) is 0 Å². The molecule has 2 rings (SSSR count). The molecular formula is C18H24N2O3S. The molecule has 5 nitrogen and oxygen atoms in total. The first kappa shape index (κ1) is 18.4. The van der Waals surface area contributed by atoms with Crippen molar-refractivity contribution in [2.24, 2.45) is 0 Å². The van der Waals surface area contributed by atoms with Crippen LogP contribution in [0.25, 0.3) is 10.2 Å². The van der Waals surface area contributed by atoms with Crippen LogP contribution in [0.15, 0.2) is 24.3 Å². The van der Waals surface area contributed by atoms with E-state index < -0.39 is 5.97 Å². The fraction of sp³-hybridized carbons (Fsp3) is 0.500. The van der Waals surface area contributed by atoms with E-state index in [4.69, 9.17) is 5.11 Å². The second-order valence-corrected chi connectivity index (χ2v) is 7.07. The maximum Gasteiger partial charge on any atom is 0.323 e. The van der Waals surface area contributed by atoms with Gasteiger partial charge in [0.1, 0.15) is 6.54 Å². The van der Waals surface area contributed by atoms with Gasteiger partial charge in [-0.15, -0.1) is 11.3 Å². The minimum atomic E-state index is -0.960. The van der Waals surface area contributed by atoms with Crippen LogP contribution in [0.4, 0.5) is 0 Å². The molecule has 2 aromatic rings. The molecule has 1 heterocycles. The van der Waals surface area contributed by atoms with Gasteiger partial charge in [0.05, 0.1) is 15.2 Å². The third-order valence-corrected chi connectivity index (χ3v) is 5.21. The Morgan fingerprint density at radius 2 is 2.04 bits per heavy atom. The fourth-order valence-corrected chi connectivity index (χ4v) is 3.59. The van der Waals surface area contributed by atoms with E-state index in [0.29, 0.717) is 6.42 Å². The molecule has 1 unspecified atom stereocenters. The molecule has 0 fully saturated rings. The molecule has 0 bridgehead atoms. The summed E-state index contributed by atoms with van der Waals surface area (Å²) in [6.45, 7) is 3.63. The quantitative estimate of drug-likeness (QED) is 0.701. The van der Waals surface area contributed by atoms with Gasteiger partial charge in [-0.3, -0.25) is 9.59 Å². The minimum Gasteiger partial charge on any atom is -0.480 e. The topological polar surface area (TPSA) is 70.5 Å². The van der Waals surface area contributed by atoms with Crippen molar-refractivity contribution in [3.63, 3.8) is 0 Å². The van der Waals surface area contributed by atoms with Crippen molar-refractivity contribution in [3.05, 3.63) is 29.3 Å². The highest BCUT2D eigenvalue weighted by Crippen LogP contribution is 2.23. The SMILES string of the molecule is CCC(C)N(CC(=O)O)C(=O)CCCCc1nc2ccccc2s1. The van der Waals surface area contributed by atoms with E-state index >= 15 is 0 Å². The molecule has 24 heavy (non-hydrogen) atoms. The summed E-state index contributed by atoms with van der Waals surface area (Å²) in [6.07, 6.45) is 3.64. The van der Waals surface area contributed by atoms with E-state index in [1.54, 1.807) is 11.3 Å². The highest BCUT2D eigenvalue weighted by molar-refractivity contribution is 7.18. The lowest BCUT2D eigenvalue weighted by atomic mass is 10.1. The average molecular weight is 348 g/mol. The Bertz CT molecular complexity index is 665. The van der Waals surface area contributed by atoms with Crippen molar-refractivity contribution >= 4 is 33.4 Å². The van der Waals surface area contributed by atoms with Gasteiger partial charge >= 0.3 is 5.97 Å². The third-order valence-electron chi connectivity index (χ3n) is 4.12. The molecule has 1 amide bonds. The van der Waals surface area contributed by atoms with Gasteiger partial charge in [0, 0.05) is 12.5 Å². The standard InChI is InChI=1S/C18H24N2O3S/c1-3-13(2)20(12-18(22)23)17(21)11-7-6-10-16-19-14-8-4-5-9-15(14)24-16/h4-5,8-9,13H,3,6-7,10-12H2,1-2H3,(H,22,23). The Balaban J connectivity index is 1.81.